The zero-order valence-corrected chi connectivity index (χ0v) is 28.5. The Hall–Kier alpha value is -6.71. The van der Waals surface area contributed by atoms with Crippen LogP contribution in [0.2, 0.25) is 0 Å². The first-order valence-corrected chi connectivity index (χ1v) is 17.9. The summed E-state index contributed by atoms with van der Waals surface area (Å²) in [5.41, 5.74) is 18.2. The number of nitrogens with zero attached hydrogens (tertiary/aromatic N) is 3. The van der Waals surface area contributed by atoms with Crippen molar-refractivity contribution in [2.24, 2.45) is 4.99 Å². The third kappa shape index (κ3) is 5.09. The molecule has 0 bridgehead atoms. The van der Waals surface area contributed by atoms with Crippen molar-refractivity contribution in [3.63, 3.8) is 0 Å². The fourth-order valence-corrected chi connectivity index (χ4v) is 7.96. The zero-order chi connectivity index (χ0) is 34.4. The number of fused-ring (bicyclic) bond motifs is 3. The molecule has 8 aromatic rings. The van der Waals surface area contributed by atoms with Crippen LogP contribution in [-0.2, 0) is 0 Å². The molecular formula is C49H33N3. The fourth-order valence-electron chi connectivity index (χ4n) is 7.96. The van der Waals surface area contributed by atoms with E-state index in [0.717, 1.165) is 46.9 Å². The number of hydrogen-bond acceptors (Lipinski definition) is 3. The van der Waals surface area contributed by atoms with E-state index in [1.165, 1.54) is 66.4 Å². The first-order valence-electron chi connectivity index (χ1n) is 17.9. The highest BCUT2D eigenvalue weighted by Crippen LogP contribution is 2.57. The third-order valence-corrected chi connectivity index (χ3v) is 10.3. The maximum Gasteiger partial charge on any atom is 0.0900 e. The normalized spacial score (nSPS) is 12.9. The van der Waals surface area contributed by atoms with Gasteiger partial charge in [-0.25, -0.2) is 4.98 Å². The molecular weight excluding hydrogens is 631 g/mol. The number of benzene rings is 6. The lowest BCUT2D eigenvalue weighted by Gasteiger charge is -2.21. The van der Waals surface area contributed by atoms with Crippen LogP contribution in [0.3, 0.4) is 0 Å². The minimum atomic E-state index is 0.778. The van der Waals surface area contributed by atoms with Crippen molar-refractivity contribution >= 4 is 16.5 Å². The lowest BCUT2D eigenvalue weighted by atomic mass is 9.82. The topological polar surface area (TPSA) is 38.1 Å². The molecule has 2 aliphatic rings. The van der Waals surface area contributed by atoms with E-state index in [1.807, 2.05) is 24.4 Å². The van der Waals surface area contributed by atoms with Crippen molar-refractivity contribution < 1.29 is 0 Å². The van der Waals surface area contributed by atoms with Crippen molar-refractivity contribution in [3.8, 4) is 78.1 Å². The van der Waals surface area contributed by atoms with Crippen molar-refractivity contribution in [2.45, 2.75) is 6.42 Å². The smallest absolute Gasteiger partial charge is 0.0900 e. The Morgan fingerprint density at radius 2 is 1.08 bits per heavy atom. The highest BCUT2D eigenvalue weighted by atomic mass is 14.8. The van der Waals surface area contributed by atoms with E-state index in [4.69, 9.17) is 9.98 Å². The predicted molar refractivity (Wildman–Crippen MR) is 216 cm³/mol. The van der Waals surface area contributed by atoms with Crippen LogP contribution in [0.5, 0.6) is 0 Å². The first-order chi connectivity index (χ1) is 25.8. The second-order valence-electron chi connectivity index (χ2n) is 13.4. The monoisotopic (exact) mass is 663 g/mol. The fraction of sp³-hybridized carbons (Fsp3) is 0.0408. The highest BCUT2D eigenvalue weighted by Gasteiger charge is 2.30. The van der Waals surface area contributed by atoms with Gasteiger partial charge in [-0.1, -0.05) is 133 Å². The summed E-state index contributed by atoms with van der Waals surface area (Å²) in [6.45, 7) is 0.778. The molecule has 0 spiro atoms. The summed E-state index contributed by atoms with van der Waals surface area (Å²) in [4.78, 5) is 14.5. The summed E-state index contributed by atoms with van der Waals surface area (Å²) in [6.07, 6.45) is 7.04. The summed E-state index contributed by atoms with van der Waals surface area (Å²) in [5, 5.41) is 2.60. The van der Waals surface area contributed by atoms with E-state index in [2.05, 4.69) is 157 Å². The van der Waals surface area contributed by atoms with Crippen molar-refractivity contribution in [3.05, 3.63) is 182 Å². The van der Waals surface area contributed by atoms with Gasteiger partial charge in [0.1, 0.15) is 0 Å². The molecule has 0 radical (unpaired) electrons. The molecule has 1 aliphatic heterocycles. The molecule has 0 unspecified atom stereocenters. The van der Waals surface area contributed by atoms with Gasteiger partial charge in [-0.15, -0.1) is 0 Å². The van der Waals surface area contributed by atoms with Crippen LogP contribution in [0.25, 0.3) is 88.9 Å². The van der Waals surface area contributed by atoms with Gasteiger partial charge >= 0.3 is 0 Å². The SMILES string of the molecule is C1=CC(c2cc(-c3ccc(-c4cc(-c5ccccc5)c5c(c4-c4ccccc4)-c4cccc6cccc-5c46)cc3)cc(-c3ccccn3)n2)=NCC1. The van der Waals surface area contributed by atoms with Crippen LogP contribution in [0.15, 0.2) is 181 Å². The standard InChI is InChI=1S/C49H33N3/c1-3-13-33(14-4-1)41-31-40(47(36-15-5-2-6-16-36)49-39-20-12-18-35-17-11-19-38(46(35)39)48(41)49)34-25-23-32(24-26-34)37-29-44(42-21-7-9-27-50-42)52-45(30-37)43-22-8-10-28-51-43/h1-9,11-27,29-31H,10,28H2. The second kappa shape index (κ2) is 12.6. The van der Waals surface area contributed by atoms with Gasteiger partial charge in [0.15, 0.2) is 0 Å². The Morgan fingerprint density at radius 3 is 1.79 bits per heavy atom. The van der Waals surface area contributed by atoms with Crippen molar-refractivity contribution in [2.75, 3.05) is 6.54 Å². The predicted octanol–water partition coefficient (Wildman–Crippen LogP) is 12.4. The van der Waals surface area contributed by atoms with Gasteiger partial charge in [-0.05, 0) is 120 Å². The molecule has 0 atom stereocenters. The zero-order valence-electron chi connectivity index (χ0n) is 28.5. The van der Waals surface area contributed by atoms with Crippen LogP contribution in [-0.4, -0.2) is 22.2 Å². The summed E-state index contributed by atoms with van der Waals surface area (Å²) in [5.74, 6) is 0. The second-order valence-corrected chi connectivity index (χ2v) is 13.4. The maximum absolute atomic E-state index is 5.02. The van der Waals surface area contributed by atoms with Gasteiger partial charge < -0.3 is 0 Å². The number of hydrogen-bond donors (Lipinski definition) is 0. The maximum atomic E-state index is 5.02. The van der Waals surface area contributed by atoms with E-state index in [1.54, 1.807) is 0 Å². The van der Waals surface area contributed by atoms with Crippen LogP contribution in [0, 0.1) is 0 Å². The van der Waals surface area contributed by atoms with Crippen molar-refractivity contribution in [1.29, 1.82) is 0 Å². The summed E-state index contributed by atoms with van der Waals surface area (Å²) in [7, 11) is 0. The van der Waals surface area contributed by atoms with Crippen LogP contribution < -0.4 is 0 Å². The van der Waals surface area contributed by atoms with Crippen LogP contribution >= 0.6 is 0 Å². The largest absolute Gasteiger partial charge is 0.283 e. The molecule has 52 heavy (non-hydrogen) atoms. The van der Waals surface area contributed by atoms with Crippen LogP contribution in [0.1, 0.15) is 12.1 Å². The Labute approximate surface area is 303 Å². The number of allylic oxidation sites excluding steroid dienone is 1. The molecule has 10 rings (SSSR count). The van der Waals surface area contributed by atoms with Gasteiger partial charge in [-0.3, -0.25) is 9.98 Å². The van der Waals surface area contributed by atoms with E-state index < -0.39 is 0 Å². The Morgan fingerprint density at radius 1 is 0.423 bits per heavy atom. The van der Waals surface area contributed by atoms with Gasteiger partial charge in [0.05, 0.1) is 22.8 Å². The van der Waals surface area contributed by atoms with E-state index in [-0.39, 0.29) is 0 Å². The van der Waals surface area contributed by atoms with Gasteiger partial charge in [0.2, 0.25) is 0 Å². The third-order valence-electron chi connectivity index (χ3n) is 10.3. The van der Waals surface area contributed by atoms with Gasteiger partial charge in [0.25, 0.3) is 0 Å². The van der Waals surface area contributed by atoms with E-state index >= 15 is 0 Å². The quantitative estimate of drug-likeness (QED) is 0.178. The van der Waals surface area contributed by atoms with Crippen LogP contribution in [0.4, 0.5) is 0 Å². The number of rotatable bonds is 6. The molecule has 0 amide bonds. The van der Waals surface area contributed by atoms with E-state index in [0.29, 0.717) is 0 Å². The average molecular weight is 664 g/mol. The number of dihydropyridines is 1. The number of aliphatic imine (C=N–C) groups is 1. The Kier molecular flexibility index (Phi) is 7.28. The molecule has 2 aromatic heterocycles. The first kappa shape index (κ1) is 30.1. The summed E-state index contributed by atoms with van der Waals surface area (Å²) >= 11 is 0. The van der Waals surface area contributed by atoms with Gasteiger partial charge in [0, 0.05) is 12.7 Å². The molecule has 0 fully saturated rings. The molecule has 6 aromatic carbocycles. The minimum absolute atomic E-state index is 0.778. The molecule has 0 saturated heterocycles. The summed E-state index contributed by atoms with van der Waals surface area (Å²) < 4.78 is 0. The molecule has 1 aliphatic carbocycles. The molecule has 3 nitrogen and oxygen atoms in total. The Balaban J connectivity index is 1.19. The van der Waals surface area contributed by atoms with Crippen molar-refractivity contribution in [1.82, 2.24) is 9.97 Å². The number of aromatic nitrogens is 2. The lowest BCUT2D eigenvalue weighted by molar-refractivity contribution is 0.991. The number of pyridine rings is 2. The summed E-state index contributed by atoms with van der Waals surface area (Å²) in [6, 6.07) is 56.9. The van der Waals surface area contributed by atoms with Gasteiger partial charge in [-0.2, -0.15) is 0 Å². The average Bonchev–Trinajstić information content (AvgIpc) is 3.57. The molecule has 0 saturated carbocycles. The minimum Gasteiger partial charge on any atom is -0.283 e. The molecule has 0 N–H and O–H groups in total. The Bertz CT molecular complexity index is 2690. The molecule has 3 heteroatoms. The molecule has 244 valence electrons. The van der Waals surface area contributed by atoms with E-state index in [9.17, 15) is 0 Å². The lowest BCUT2D eigenvalue weighted by Crippen LogP contribution is -2.06. The molecule has 3 heterocycles. The highest BCUT2D eigenvalue weighted by molar-refractivity contribution is 6.22.